The van der Waals surface area contributed by atoms with Crippen LogP contribution in [-0.4, -0.2) is 49.0 Å². The molecule has 2 bridgehead atoms. The Hall–Kier alpha value is -1.53. The monoisotopic (exact) mass is 347 g/mol. The Labute approximate surface area is 147 Å². The molecule has 0 aromatic carbocycles. The molecule has 0 aliphatic carbocycles. The predicted molar refractivity (Wildman–Crippen MR) is 88.0 cm³/mol. The van der Waals surface area contributed by atoms with Crippen molar-refractivity contribution in [3.8, 4) is 0 Å². The maximum absolute atomic E-state index is 12.0. The van der Waals surface area contributed by atoms with E-state index in [1.807, 2.05) is 6.92 Å². The zero-order valence-electron chi connectivity index (χ0n) is 15.0. The molecule has 0 aromatic heterocycles. The first-order valence-electron chi connectivity index (χ1n) is 9.38. The van der Waals surface area contributed by atoms with E-state index in [4.69, 9.17) is 18.9 Å². The van der Waals surface area contributed by atoms with Crippen LogP contribution in [0.1, 0.15) is 39.5 Å². The van der Waals surface area contributed by atoms with Gasteiger partial charge < -0.3 is 18.9 Å². The van der Waals surface area contributed by atoms with Crippen molar-refractivity contribution in [3.63, 3.8) is 0 Å². The molecule has 0 aromatic rings. The largest absolute Gasteiger partial charge is 0.490 e. The third-order valence-corrected chi connectivity index (χ3v) is 6.66. The van der Waals surface area contributed by atoms with E-state index in [1.165, 1.54) is 13.5 Å². The van der Waals surface area contributed by atoms with Gasteiger partial charge in [0.1, 0.15) is 5.76 Å². The average molecular weight is 347 g/mol. The van der Waals surface area contributed by atoms with E-state index >= 15 is 0 Å². The van der Waals surface area contributed by atoms with Crippen molar-refractivity contribution in [1.29, 1.82) is 0 Å². The van der Waals surface area contributed by atoms with Gasteiger partial charge in [-0.1, -0.05) is 6.92 Å². The zero-order chi connectivity index (χ0) is 17.3. The number of hydrogen-bond acceptors (Lipinski definition) is 6. The first-order valence-corrected chi connectivity index (χ1v) is 9.38. The van der Waals surface area contributed by atoms with Crippen LogP contribution in [0.15, 0.2) is 22.9 Å². The van der Waals surface area contributed by atoms with Crippen molar-refractivity contribution >= 4 is 5.97 Å². The zero-order valence-corrected chi connectivity index (χ0v) is 15.0. The SMILES string of the molecule is COC1=C(C)/C(=C2/O[C@]34CCCN5CCC[C@@H](O3)[C@H]5[C@H]4[C@@H]2C)OC1=O. The minimum absolute atomic E-state index is 0.155. The van der Waals surface area contributed by atoms with Crippen LogP contribution in [0.2, 0.25) is 0 Å². The Bertz CT molecular complexity index is 692. The fourth-order valence-corrected chi connectivity index (χ4v) is 5.71. The lowest BCUT2D eigenvalue weighted by atomic mass is 9.79. The molecule has 5 aliphatic heterocycles. The van der Waals surface area contributed by atoms with Crippen LogP contribution >= 0.6 is 0 Å². The molecular weight excluding hydrogens is 322 g/mol. The molecule has 5 atom stereocenters. The lowest BCUT2D eigenvalue weighted by molar-refractivity contribution is -0.210. The van der Waals surface area contributed by atoms with Crippen molar-refractivity contribution in [3.05, 3.63) is 22.9 Å². The van der Waals surface area contributed by atoms with Crippen molar-refractivity contribution in [2.75, 3.05) is 20.2 Å². The van der Waals surface area contributed by atoms with E-state index in [2.05, 4.69) is 11.8 Å². The van der Waals surface area contributed by atoms with E-state index < -0.39 is 11.8 Å². The number of methoxy groups -OCH3 is 1. The number of esters is 1. The highest BCUT2D eigenvalue weighted by molar-refractivity contribution is 5.92. The van der Waals surface area contributed by atoms with E-state index in [-0.39, 0.29) is 17.8 Å². The van der Waals surface area contributed by atoms with Gasteiger partial charge >= 0.3 is 5.97 Å². The summed E-state index contributed by atoms with van der Waals surface area (Å²) in [4.78, 5) is 14.6. The molecule has 5 rings (SSSR count). The molecule has 5 aliphatic rings. The second-order valence-electron chi connectivity index (χ2n) is 7.90. The molecule has 6 nitrogen and oxygen atoms in total. The number of ether oxygens (including phenoxy) is 4. The second-order valence-corrected chi connectivity index (χ2v) is 7.90. The highest BCUT2D eigenvalue weighted by atomic mass is 16.7. The van der Waals surface area contributed by atoms with Gasteiger partial charge in [-0.05, 0) is 39.3 Å². The molecule has 0 spiro atoms. The molecule has 0 N–H and O–H groups in total. The molecule has 0 unspecified atom stereocenters. The summed E-state index contributed by atoms with van der Waals surface area (Å²) in [6, 6.07) is 0.410. The van der Waals surface area contributed by atoms with Crippen LogP contribution in [0.4, 0.5) is 0 Å². The van der Waals surface area contributed by atoms with Gasteiger partial charge in [-0.3, -0.25) is 4.90 Å². The van der Waals surface area contributed by atoms with Gasteiger partial charge in [0.15, 0.2) is 5.76 Å². The average Bonchev–Trinajstić information content (AvgIpc) is 3.11. The van der Waals surface area contributed by atoms with Crippen LogP contribution in [-0.2, 0) is 23.7 Å². The summed E-state index contributed by atoms with van der Waals surface area (Å²) in [6.45, 7) is 6.32. The summed E-state index contributed by atoms with van der Waals surface area (Å²) in [5.74, 6) is 1.02. The second kappa shape index (κ2) is 5.24. The summed E-state index contributed by atoms with van der Waals surface area (Å²) in [5.41, 5.74) is 0.721. The normalized spacial score (nSPS) is 46.0. The highest BCUT2D eigenvalue weighted by Crippen LogP contribution is 2.59. The molecule has 0 amide bonds. The van der Waals surface area contributed by atoms with Crippen molar-refractivity contribution < 1.29 is 23.7 Å². The minimum Gasteiger partial charge on any atom is -0.490 e. The number of carbonyl (C=O) groups excluding carboxylic acids is 1. The predicted octanol–water partition coefficient (Wildman–Crippen LogP) is 2.31. The first kappa shape index (κ1) is 15.7. The van der Waals surface area contributed by atoms with Crippen LogP contribution in [0.5, 0.6) is 0 Å². The van der Waals surface area contributed by atoms with Crippen molar-refractivity contribution in [2.24, 2.45) is 11.8 Å². The van der Waals surface area contributed by atoms with Gasteiger partial charge in [-0.2, -0.15) is 0 Å². The van der Waals surface area contributed by atoms with Crippen LogP contribution < -0.4 is 0 Å². The summed E-state index contributed by atoms with van der Waals surface area (Å²) in [7, 11) is 1.49. The van der Waals surface area contributed by atoms with Crippen LogP contribution in [0.3, 0.4) is 0 Å². The van der Waals surface area contributed by atoms with Crippen molar-refractivity contribution in [1.82, 2.24) is 4.90 Å². The van der Waals surface area contributed by atoms with Gasteiger partial charge in [-0.25, -0.2) is 4.79 Å². The summed E-state index contributed by atoms with van der Waals surface area (Å²) in [5, 5.41) is 0. The smallest absolute Gasteiger partial charge is 0.379 e. The molecule has 4 fully saturated rings. The number of cyclic esters (lactones) is 1. The third kappa shape index (κ3) is 1.95. The van der Waals surface area contributed by atoms with Gasteiger partial charge in [0.2, 0.25) is 11.5 Å². The third-order valence-electron chi connectivity index (χ3n) is 6.66. The molecule has 4 saturated heterocycles. The Kier molecular flexibility index (Phi) is 3.29. The maximum Gasteiger partial charge on any atom is 0.379 e. The summed E-state index contributed by atoms with van der Waals surface area (Å²) < 4.78 is 23.8. The molecule has 5 heterocycles. The molecular formula is C19H25NO5. The Morgan fingerprint density at radius 2 is 2.08 bits per heavy atom. The van der Waals surface area contributed by atoms with E-state index in [0.717, 1.165) is 43.7 Å². The lowest BCUT2D eigenvalue weighted by Gasteiger charge is -2.39. The van der Waals surface area contributed by atoms with Gasteiger partial charge in [0.05, 0.1) is 19.1 Å². The summed E-state index contributed by atoms with van der Waals surface area (Å²) in [6.07, 6.45) is 4.56. The molecule has 136 valence electrons. The van der Waals surface area contributed by atoms with E-state index in [9.17, 15) is 4.79 Å². The molecule has 0 saturated carbocycles. The number of hydrogen-bond donors (Lipinski definition) is 0. The fourth-order valence-electron chi connectivity index (χ4n) is 5.71. The lowest BCUT2D eigenvalue weighted by Crippen LogP contribution is -2.49. The molecule has 6 heteroatoms. The Balaban J connectivity index is 1.58. The molecule has 25 heavy (non-hydrogen) atoms. The highest BCUT2D eigenvalue weighted by Gasteiger charge is 2.67. The van der Waals surface area contributed by atoms with E-state index in [1.54, 1.807) is 0 Å². The maximum atomic E-state index is 12.0. The van der Waals surface area contributed by atoms with Crippen LogP contribution in [0.25, 0.3) is 0 Å². The number of allylic oxidation sites excluding steroid dienone is 2. The summed E-state index contributed by atoms with van der Waals surface area (Å²) >= 11 is 0. The number of piperidine rings is 1. The van der Waals surface area contributed by atoms with Gasteiger partial charge in [-0.15, -0.1) is 0 Å². The van der Waals surface area contributed by atoms with E-state index in [0.29, 0.717) is 17.7 Å². The number of rotatable bonds is 1. The first-order chi connectivity index (χ1) is 12.1. The van der Waals surface area contributed by atoms with Crippen LogP contribution in [0, 0.1) is 11.8 Å². The Morgan fingerprint density at radius 3 is 2.84 bits per heavy atom. The number of nitrogens with zero attached hydrogens (tertiary/aromatic N) is 1. The quantitative estimate of drug-likeness (QED) is 0.679. The Morgan fingerprint density at radius 1 is 1.28 bits per heavy atom. The minimum atomic E-state index is -0.557. The molecule has 0 radical (unpaired) electrons. The van der Waals surface area contributed by atoms with Gasteiger partial charge in [0.25, 0.3) is 0 Å². The van der Waals surface area contributed by atoms with Crippen molar-refractivity contribution in [2.45, 2.75) is 57.5 Å². The standard InChI is InChI=1S/C19H25NO5/c1-10-13-14-12-6-4-8-20(14)9-5-7-19(13,24-12)25-16(10)15-11(2)17(22-3)18(21)23-15/h10,12-14H,4-9H2,1-3H3/b16-15-/t10-,12+,13+,14-,19-/m0/s1. The topological polar surface area (TPSA) is 57.2 Å². The number of carbonyl (C=O) groups is 1. The fraction of sp³-hybridized carbons (Fsp3) is 0.737. The van der Waals surface area contributed by atoms with Gasteiger partial charge in [0, 0.05) is 24.0 Å².